The van der Waals surface area contributed by atoms with Gasteiger partial charge in [0, 0.05) is 23.4 Å². The molecule has 0 saturated carbocycles. The third-order valence-corrected chi connectivity index (χ3v) is 4.71. The van der Waals surface area contributed by atoms with E-state index in [1.807, 2.05) is 23.1 Å². The van der Waals surface area contributed by atoms with E-state index >= 15 is 0 Å². The number of likely N-dealkylation sites (tertiary alicyclic amines) is 1. The van der Waals surface area contributed by atoms with Gasteiger partial charge in [-0.25, -0.2) is 8.78 Å². The van der Waals surface area contributed by atoms with Crippen LogP contribution in [0.1, 0.15) is 24.4 Å². The fourth-order valence-electron chi connectivity index (χ4n) is 3.43. The Kier molecular flexibility index (Phi) is 5.91. The van der Waals surface area contributed by atoms with Crippen LogP contribution in [0.4, 0.5) is 14.5 Å². The van der Waals surface area contributed by atoms with E-state index in [2.05, 4.69) is 5.32 Å². The lowest BCUT2D eigenvalue weighted by atomic mass is 10.0. The van der Waals surface area contributed by atoms with Crippen LogP contribution >= 0.6 is 0 Å². The summed E-state index contributed by atoms with van der Waals surface area (Å²) < 4.78 is 37.1. The van der Waals surface area contributed by atoms with Crippen molar-refractivity contribution in [1.82, 2.24) is 4.90 Å². The third kappa shape index (κ3) is 4.36. The molecule has 1 saturated heterocycles. The fraction of sp³-hybridized carbons (Fsp3) is 0.350. The van der Waals surface area contributed by atoms with Gasteiger partial charge >= 0.3 is 0 Å². The Morgan fingerprint density at radius 1 is 1.15 bits per heavy atom. The summed E-state index contributed by atoms with van der Waals surface area (Å²) in [6.07, 6.45) is 1.84. The average Bonchev–Trinajstić information content (AvgIpc) is 3.11. The largest absolute Gasteiger partial charge is 0.497 e. The first-order valence-corrected chi connectivity index (χ1v) is 8.72. The summed E-state index contributed by atoms with van der Waals surface area (Å²) in [5.74, 6) is -0.752. The van der Waals surface area contributed by atoms with E-state index in [0.717, 1.165) is 48.6 Å². The highest BCUT2D eigenvalue weighted by atomic mass is 19.2. The van der Waals surface area contributed by atoms with Crippen LogP contribution < -0.4 is 14.8 Å². The number of hydrogen-bond acceptors (Lipinski definition) is 4. The van der Waals surface area contributed by atoms with Gasteiger partial charge in [0.1, 0.15) is 11.5 Å². The summed E-state index contributed by atoms with van der Waals surface area (Å²) in [5.41, 5.74) is 1.20. The van der Waals surface area contributed by atoms with Gasteiger partial charge in [-0.3, -0.25) is 9.69 Å². The summed E-state index contributed by atoms with van der Waals surface area (Å²) in [6.45, 7) is 0.903. The van der Waals surface area contributed by atoms with Crippen molar-refractivity contribution in [1.29, 1.82) is 0 Å². The number of nitrogens with zero attached hydrogens (tertiary/aromatic N) is 1. The molecule has 1 N–H and O–H groups in total. The zero-order valence-electron chi connectivity index (χ0n) is 15.3. The molecule has 0 radical (unpaired) electrons. The minimum absolute atomic E-state index is 0.0192. The predicted molar refractivity (Wildman–Crippen MR) is 98.1 cm³/mol. The Morgan fingerprint density at radius 2 is 1.96 bits per heavy atom. The normalized spacial score (nSPS) is 17.0. The van der Waals surface area contributed by atoms with Crippen molar-refractivity contribution in [3.63, 3.8) is 0 Å². The first kappa shape index (κ1) is 19.1. The van der Waals surface area contributed by atoms with Crippen LogP contribution in [0.25, 0.3) is 0 Å². The molecule has 0 unspecified atom stereocenters. The fourth-order valence-corrected chi connectivity index (χ4v) is 3.43. The molecular formula is C20H22F2N2O3. The van der Waals surface area contributed by atoms with Crippen molar-refractivity contribution in [2.75, 3.05) is 32.6 Å². The maximum Gasteiger partial charge on any atom is 0.238 e. The van der Waals surface area contributed by atoms with E-state index in [-0.39, 0.29) is 24.2 Å². The topological polar surface area (TPSA) is 50.8 Å². The molecule has 144 valence electrons. The van der Waals surface area contributed by atoms with E-state index in [1.54, 1.807) is 14.2 Å². The molecule has 1 amide bonds. The van der Waals surface area contributed by atoms with Crippen LogP contribution in [0.3, 0.4) is 0 Å². The molecule has 5 nitrogen and oxygen atoms in total. The minimum atomic E-state index is -0.993. The maximum absolute atomic E-state index is 13.3. The van der Waals surface area contributed by atoms with E-state index in [1.165, 1.54) is 6.07 Å². The first-order chi connectivity index (χ1) is 13.0. The van der Waals surface area contributed by atoms with Crippen molar-refractivity contribution in [2.24, 2.45) is 0 Å². The second-order valence-electron chi connectivity index (χ2n) is 6.41. The number of hydrogen-bond donors (Lipinski definition) is 1. The van der Waals surface area contributed by atoms with Gasteiger partial charge in [0.25, 0.3) is 0 Å². The van der Waals surface area contributed by atoms with Gasteiger partial charge < -0.3 is 14.8 Å². The Morgan fingerprint density at radius 3 is 2.67 bits per heavy atom. The Hall–Kier alpha value is -2.67. The van der Waals surface area contributed by atoms with Crippen LogP contribution in [0.2, 0.25) is 0 Å². The lowest BCUT2D eigenvalue weighted by Gasteiger charge is -2.26. The van der Waals surface area contributed by atoms with Crippen LogP contribution in [0.15, 0.2) is 36.4 Å². The molecule has 1 aliphatic rings. The van der Waals surface area contributed by atoms with E-state index < -0.39 is 11.6 Å². The third-order valence-electron chi connectivity index (χ3n) is 4.71. The quantitative estimate of drug-likeness (QED) is 0.834. The number of halogens is 2. The van der Waals surface area contributed by atoms with Crippen LogP contribution in [-0.4, -0.2) is 38.1 Å². The summed E-state index contributed by atoms with van der Waals surface area (Å²) in [5, 5.41) is 2.62. The average molecular weight is 376 g/mol. The number of carbonyl (C=O) groups excluding carboxylic acids is 1. The van der Waals surface area contributed by atoms with Gasteiger partial charge in [-0.05, 0) is 49.7 Å². The van der Waals surface area contributed by atoms with Crippen molar-refractivity contribution < 1.29 is 23.0 Å². The highest BCUT2D eigenvalue weighted by Crippen LogP contribution is 2.38. The minimum Gasteiger partial charge on any atom is -0.497 e. The Bertz CT molecular complexity index is 829. The first-order valence-electron chi connectivity index (χ1n) is 8.72. The highest BCUT2D eigenvalue weighted by Gasteiger charge is 2.30. The number of rotatable bonds is 6. The molecular weight excluding hydrogens is 354 g/mol. The maximum atomic E-state index is 13.3. The molecule has 1 fully saturated rings. The van der Waals surface area contributed by atoms with E-state index in [9.17, 15) is 13.6 Å². The number of anilines is 1. The molecule has 1 aliphatic heterocycles. The molecule has 1 heterocycles. The van der Waals surface area contributed by atoms with E-state index in [0.29, 0.717) is 0 Å². The lowest BCUT2D eigenvalue weighted by Crippen LogP contribution is -2.33. The molecule has 3 rings (SSSR count). The van der Waals surface area contributed by atoms with Gasteiger partial charge in [0.15, 0.2) is 11.6 Å². The van der Waals surface area contributed by atoms with Crippen molar-refractivity contribution in [3.05, 3.63) is 53.6 Å². The van der Waals surface area contributed by atoms with Crippen molar-refractivity contribution in [3.8, 4) is 11.5 Å². The lowest BCUT2D eigenvalue weighted by molar-refractivity contribution is -0.117. The monoisotopic (exact) mass is 376 g/mol. The van der Waals surface area contributed by atoms with Crippen LogP contribution in [0, 0.1) is 11.6 Å². The number of amides is 1. The molecule has 2 aromatic carbocycles. The molecule has 7 heteroatoms. The number of methoxy groups -OCH3 is 2. The number of ether oxygens (including phenoxy) is 2. The van der Waals surface area contributed by atoms with Crippen LogP contribution in [0.5, 0.6) is 11.5 Å². The second kappa shape index (κ2) is 8.35. The standard InChI is InChI=1S/C20H22F2N2O3/c1-26-14-6-8-19(27-2)15(11-14)18-4-3-9-24(18)12-20(25)23-13-5-7-16(21)17(22)10-13/h5-8,10-11,18H,3-4,9,12H2,1-2H3,(H,23,25)/t18-/m1/s1. The summed E-state index contributed by atoms with van der Waals surface area (Å²) in [6, 6.07) is 8.93. The summed E-state index contributed by atoms with van der Waals surface area (Å²) in [4.78, 5) is 14.4. The summed E-state index contributed by atoms with van der Waals surface area (Å²) in [7, 11) is 3.22. The molecule has 1 atom stereocenters. The van der Waals surface area contributed by atoms with E-state index in [4.69, 9.17) is 9.47 Å². The predicted octanol–water partition coefficient (Wildman–Crippen LogP) is 3.76. The number of benzene rings is 2. The van der Waals surface area contributed by atoms with Crippen LogP contribution in [-0.2, 0) is 4.79 Å². The smallest absolute Gasteiger partial charge is 0.238 e. The zero-order valence-corrected chi connectivity index (χ0v) is 15.3. The molecule has 2 aromatic rings. The molecule has 0 bridgehead atoms. The van der Waals surface area contributed by atoms with Gasteiger partial charge in [-0.15, -0.1) is 0 Å². The molecule has 0 spiro atoms. The Labute approximate surface area is 156 Å². The zero-order chi connectivity index (χ0) is 19.4. The molecule has 27 heavy (non-hydrogen) atoms. The number of nitrogens with one attached hydrogen (secondary N) is 1. The second-order valence-corrected chi connectivity index (χ2v) is 6.41. The van der Waals surface area contributed by atoms with Crippen molar-refractivity contribution >= 4 is 11.6 Å². The summed E-state index contributed by atoms with van der Waals surface area (Å²) >= 11 is 0. The molecule has 0 aliphatic carbocycles. The van der Waals surface area contributed by atoms with Gasteiger partial charge in [0.2, 0.25) is 5.91 Å². The van der Waals surface area contributed by atoms with Gasteiger partial charge in [0.05, 0.1) is 20.8 Å². The van der Waals surface area contributed by atoms with Gasteiger partial charge in [-0.1, -0.05) is 0 Å². The Balaban J connectivity index is 1.73. The SMILES string of the molecule is COc1ccc(OC)c([C@H]2CCCN2CC(=O)Nc2ccc(F)c(F)c2)c1. The molecule has 0 aromatic heterocycles. The van der Waals surface area contributed by atoms with Crippen molar-refractivity contribution in [2.45, 2.75) is 18.9 Å². The van der Waals surface area contributed by atoms with Gasteiger partial charge in [-0.2, -0.15) is 0 Å². The highest BCUT2D eigenvalue weighted by molar-refractivity contribution is 5.92. The number of carbonyl (C=O) groups is 1.